The van der Waals surface area contributed by atoms with E-state index in [0.29, 0.717) is 22.6 Å². The molecule has 4 rings (SSSR count). The standard InChI is InChI=1S/C23H16N4O12S3/c28-22-18(11-20(42(33,34)35)15-2-1-3-19(21(15)22)41-39-37-32)27-26-17-9-6-13(10-16(17)23(29)30)25-24-12-4-7-14(8-5-12)40-38-36-31/h1-11,28,31-32H,(H,29,30)(H,33,34,35)/b25-24+,27-26+. The van der Waals surface area contributed by atoms with Crippen LogP contribution in [0.1, 0.15) is 10.4 Å². The molecule has 0 aliphatic rings. The van der Waals surface area contributed by atoms with E-state index in [1.54, 1.807) is 24.3 Å². The Labute approximate surface area is 243 Å². The average molecular weight is 637 g/mol. The van der Waals surface area contributed by atoms with E-state index in [1.807, 2.05) is 0 Å². The van der Waals surface area contributed by atoms with E-state index >= 15 is 0 Å². The van der Waals surface area contributed by atoms with Gasteiger partial charge in [-0.3, -0.25) is 4.55 Å². The van der Waals surface area contributed by atoms with E-state index in [4.69, 9.17) is 10.5 Å². The summed E-state index contributed by atoms with van der Waals surface area (Å²) in [6, 6.07) is 15.1. The fraction of sp³-hybridized carbons (Fsp3) is 0. The number of aromatic carboxylic acids is 1. The van der Waals surface area contributed by atoms with Gasteiger partial charge in [-0.15, -0.1) is 18.9 Å². The van der Waals surface area contributed by atoms with E-state index in [0.717, 1.165) is 18.1 Å². The minimum absolute atomic E-state index is 0.0721. The maximum absolute atomic E-state index is 12.1. The highest BCUT2D eigenvalue weighted by Gasteiger charge is 2.22. The van der Waals surface area contributed by atoms with Gasteiger partial charge in [0.2, 0.25) is 0 Å². The minimum atomic E-state index is -4.84. The zero-order chi connectivity index (χ0) is 30.3. The third kappa shape index (κ3) is 7.43. The van der Waals surface area contributed by atoms with Crippen molar-refractivity contribution in [2.45, 2.75) is 14.7 Å². The molecule has 0 amide bonds. The zero-order valence-electron chi connectivity index (χ0n) is 20.5. The van der Waals surface area contributed by atoms with Crippen LogP contribution in [0, 0.1) is 0 Å². The largest absolute Gasteiger partial charge is 0.505 e. The number of hydrogen-bond acceptors (Lipinski definition) is 16. The number of phenolic OH excluding ortho intramolecular Hbond substituents is 1. The summed E-state index contributed by atoms with van der Waals surface area (Å²) in [5, 5.41) is 59.8. The number of carbonyl (C=O) groups is 1. The van der Waals surface area contributed by atoms with Gasteiger partial charge in [-0.25, -0.2) is 15.3 Å². The smallest absolute Gasteiger partial charge is 0.338 e. The molecule has 0 aromatic heterocycles. The Morgan fingerprint density at radius 1 is 0.786 bits per heavy atom. The van der Waals surface area contributed by atoms with Crippen molar-refractivity contribution in [3.63, 3.8) is 0 Å². The van der Waals surface area contributed by atoms with Crippen molar-refractivity contribution in [2.24, 2.45) is 20.5 Å². The summed E-state index contributed by atoms with van der Waals surface area (Å²) in [5.74, 6) is -1.98. The monoisotopic (exact) mass is 636 g/mol. The maximum Gasteiger partial charge on any atom is 0.338 e. The Morgan fingerprint density at radius 3 is 2.10 bits per heavy atom. The normalized spacial score (nSPS) is 12.1. The van der Waals surface area contributed by atoms with E-state index < -0.39 is 32.4 Å². The van der Waals surface area contributed by atoms with Gasteiger partial charge in [-0.2, -0.15) is 18.6 Å². The molecular weight excluding hydrogens is 620 g/mol. The number of rotatable bonds is 12. The number of fused-ring (bicyclic) bond motifs is 1. The van der Waals surface area contributed by atoms with Gasteiger partial charge >= 0.3 is 5.97 Å². The van der Waals surface area contributed by atoms with Gasteiger partial charge < -0.3 is 10.2 Å². The van der Waals surface area contributed by atoms with Gasteiger partial charge in [0.15, 0.2) is 5.75 Å². The highest BCUT2D eigenvalue weighted by Crippen LogP contribution is 2.44. The first-order valence-corrected chi connectivity index (χ1v) is 13.9. The molecule has 4 aromatic carbocycles. The third-order valence-corrected chi connectivity index (χ3v) is 7.36. The molecule has 0 aliphatic carbocycles. The molecule has 5 N–H and O–H groups in total. The van der Waals surface area contributed by atoms with E-state index in [9.17, 15) is 28.0 Å². The highest BCUT2D eigenvalue weighted by atomic mass is 32.2. The molecule has 0 heterocycles. The lowest BCUT2D eigenvalue weighted by atomic mass is 10.1. The molecule has 0 fully saturated rings. The van der Waals surface area contributed by atoms with Gasteiger partial charge in [-0.1, -0.05) is 22.2 Å². The van der Waals surface area contributed by atoms with E-state index in [1.165, 1.54) is 36.4 Å². The molecule has 19 heteroatoms. The fourth-order valence-corrected chi connectivity index (χ4v) is 5.07. The molecule has 218 valence electrons. The van der Waals surface area contributed by atoms with Crippen LogP contribution in [0.5, 0.6) is 5.75 Å². The molecule has 0 spiro atoms. The van der Waals surface area contributed by atoms with Gasteiger partial charge in [0, 0.05) is 15.7 Å². The fourth-order valence-electron chi connectivity index (χ4n) is 3.48. The summed E-state index contributed by atoms with van der Waals surface area (Å²) in [6.45, 7) is 0. The van der Waals surface area contributed by atoms with Crippen LogP contribution in [0.15, 0.2) is 102 Å². The summed E-state index contributed by atoms with van der Waals surface area (Å²) < 4.78 is 42.7. The number of carboxylic acid groups (broad SMARTS) is 1. The summed E-state index contributed by atoms with van der Waals surface area (Å²) in [7, 11) is -4.84. The minimum Gasteiger partial charge on any atom is -0.505 e. The van der Waals surface area contributed by atoms with Crippen LogP contribution in [0.2, 0.25) is 0 Å². The second-order valence-electron chi connectivity index (χ2n) is 7.75. The molecule has 0 aliphatic heterocycles. The number of nitrogens with zero attached hydrogens (tertiary/aromatic N) is 4. The number of aromatic hydroxyl groups is 1. The van der Waals surface area contributed by atoms with Crippen molar-refractivity contribution in [1.29, 1.82) is 0 Å². The predicted molar refractivity (Wildman–Crippen MR) is 145 cm³/mol. The van der Waals surface area contributed by atoms with Crippen LogP contribution in [-0.4, -0.2) is 39.7 Å². The Bertz CT molecular complexity index is 1780. The van der Waals surface area contributed by atoms with Gasteiger partial charge in [0.05, 0.1) is 45.9 Å². The van der Waals surface area contributed by atoms with Crippen LogP contribution in [-0.2, 0) is 28.9 Å². The predicted octanol–water partition coefficient (Wildman–Crippen LogP) is 7.18. The lowest BCUT2D eigenvalue weighted by Crippen LogP contribution is -2.00. The van der Waals surface area contributed by atoms with Gasteiger partial charge in [0.25, 0.3) is 10.1 Å². The van der Waals surface area contributed by atoms with Crippen molar-refractivity contribution in [2.75, 3.05) is 0 Å². The number of azo groups is 2. The van der Waals surface area contributed by atoms with Crippen molar-refractivity contribution >= 4 is 73.7 Å². The van der Waals surface area contributed by atoms with Crippen LogP contribution in [0.25, 0.3) is 10.8 Å². The van der Waals surface area contributed by atoms with Crippen LogP contribution in [0.3, 0.4) is 0 Å². The molecule has 4 aromatic rings. The van der Waals surface area contributed by atoms with Crippen LogP contribution in [0.4, 0.5) is 22.7 Å². The average Bonchev–Trinajstić information content (AvgIpc) is 2.97. The third-order valence-electron chi connectivity index (χ3n) is 5.23. The first-order chi connectivity index (χ1) is 20.1. The quantitative estimate of drug-likeness (QED) is 0.0340. The van der Waals surface area contributed by atoms with Crippen LogP contribution < -0.4 is 0 Å². The number of benzene rings is 4. The number of phenols is 1. The van der Waals surface area contributed by atoms with E-state index in [2.05, 4.69) is 39.2 Å². The lowest BCUT2D eigenvalue weighted by molar-refractivity contribution is -0.432. The Balaban J connectivity index is 1.69. The topological polar surface area (TPSA) is 239 Å². The Kier molecular flexibility index (Phi) is 10.1. The molecule has 0 saturated heterocycles. The van der Waals surface area contributed by atoms with Crippen molar-refractivity contribution in [1.82, 2.24) is 0 Å². The SMILES string of the molecule is O=C(O)c1cc(/N=N/c2ccc(SOOO)cc2)ccc1/N=N/c1cc(S(=O)(=O)O)c2cccc(SOOO)c2c1O. The summed E-state index contributed by atoms with van der Waals surface area (Å²) >= 11 is 1.17. The molecule has 0 bridgehead atoms. The summed E-state index contributed by atoms with van der Waals surface area (Å²) in [6.07, 6.45) is 0. The van der Waals surface area contributed by atoms with E-state index in [-0.39, 0.29) is 32.6 Å². The molecular formula is C23H16N4O12S3. The van der Waals surface area contributed by atoms with Crippen molar-refractivity contribution in [3.8, 4) is 5.75 Å². The number of carboxylic acids is 1. The lowest BCUT2D eigenvalue weighted by Gasteiger charge is -2.11. The highest BCUT2D eigenvalue weighted by molar-refractivity contribution is 7.95. The molecule has 16 nitrogen and oxygen atoms in total. The van der Waals surface area contributed by atoms with Crippen molar-refractivity contribution in [3.05, 3.63) is 72.3 Å². The van der Waals surface area contributed by atoms with Crippen LogP contribution >= 0.6 is 24.1 Å². The second-order valence-corrected chi connectivity index (χ2v) is 10.7. The first-order valence-electron chi connectivity index (χ1n) is 11.0. The van der Waals surface area contributed by atoms with Crippen molar-refractivity contribution < 1.29 is 57.2 Å². The second kappa shape index (κ2) is 13.8. The number of hydrogen-bond donors (Lipinski definition) is 5. The van der Waals surface area contributed by atoms with Gasteiger partial charge in [-0.05, 0) is 54.6 Å². The molecule has 0 atom stereocenters. The Morgan fingerprint density at radius 2 is 1.43 bits per heavy atom. The molecule has 0 unspecified atom stereocenters. The Hall–Kier alpha value is -4.02. The molecule has 42 heavy (non-hydrogen) atoms. The van der Waals surface area contributed by atoms with Gasteiger partial charge in [0.1, 0.15) is 16.3 Å². The summed E-state index contributed by atoms with van der Waals surface area (Å²) in [5.41, 5.74) is -0.396. The first kappa shape index (κ1) is 30.9. The molecule has 0 radical (unpaired) electrons. The maximum atomic E-state index is 12.1. The molecule has 0 saturated carbocycles. The zero-order valence-corrected chi connectivity index (χ0v) is 22.9. The summed E-state index contributed by atoms with van der Waals surface area (Å²) in [4.78, 5) is 12.0.